The molecule has 0 aliphatic carbocycles. The van der Waals surface area contributed by atoms with E-state index in [0.29, 0.717) is 12.4 Å². The third-order valence-corrected chi connectivity index (χ3v) is 2.51. The second-order valence-corrected chi connectivity index (χ2v) is 3.84. The molecule has 98 valence electrons. The van der Waals surface area contributed by atoms with Crippen molar-refractivity contribution in [1.29, 1.82) is 0 Å². The molecule has 0 aliphatic heterocycles. The molecule has 1 aromatic carbocycles. The zero-order valence-electron chi connectivity index (χ0n) is 10.4. The van der Waals surface area contributed by atoms with E-state index in [1.165, 1.54) is 12.1 Å². The first-order valence-corrected chi connectivity index (χ1v) is 5.69. The Bertz CT molecular complexity index is 570. The summed E-state index contributed by atoms with van der Waals surface area (Å²) in [5.74, 6) is 1.24. The van der Waals surface area contributed by atoms with Gasteiger partial charge in [0, 0.05) is 24.9 Å². The fraction of sp³-hybridized carbons (Fsp3) is 0.154. The molecule has 0 fully saturated rings. The van der Waals surface area contributed by atoms with E-state index in [-0.39, 0.29) is 5.69 Å². The molecule has 1 aromatic heterocycles. The number of aromatic nitrogens is 1. The third kappa shape index (κ3) is 3.41. The van der Waals surface area contributed by atoms with Crippen LogP contribution in [0.25, 0.3) is 0 Å². The van der Waals surface area contributed by atoms with Crippen LogP contribution in [0, 0.1) is 10.1 Å². The molecule has 0 saturated carbocycles. The van der Waals surface area contributed by atoms with E-state index >= 15 is 0 Å². The maximum atomic E-state index is 10.6. The minimum absolute atomic E-state index is 0.0150. The lowest BCUT2D eigenvalue weighted by atomic mass is 10.3. The van der Waals surface area contributed by atoms with Crippen LogP contribution in [0.4, 0.5) is 11.5 Å². The van der Waals surface area contributed by atoms with E-state index < -0.39 is 4.92 Å². The molecule has 1 heterocycles. The van der Waals surface area contributed by atoms with Gasteiger partial charge in [0.25, 0.3) is 5.69 Å². The topological polar surface area (TPSA) is 77.3 Å². The molecule has 2 aromatic rings. The number of nitro benzene ring substituents is 1. The van der Waals surface area contributed by atoms with Crippen LogP contribution in [0.2, 0.25) is 0 Å². The molecule has 0 unspecified atom stereocenters. The lowest BCUT2D eigenvalue weighted by Gasteiger charge is -2.06. The van der Waals surface area contributed by atoms with Gasteiger partial charge >= 0.3 is 0 Å². The van der Waals surface area contributed by atoms with Crippen molar-refractivity contribution in [2.24, 2.45) is 0 Å². The van der Waals surface area contributed by atoms with Crippen molar-refractivity contribution in [2.45, 2.75) is 6.61 Å². The van der Waals surface area contributed by atoms with Gasteiger partial charge in [-0.1, -0.05) is 12.1 Å². The summed E-state index contributed by atoms with van der Waals surface area (Å²) in [6, 6.07) is 9.83. The molecule has 6 heteroatoms. The third-order valence-electron chi connectivity index (χ3n) is 2.51. The molecule has 0 spiro atoms. The van der Waals surface area contributed by atoms with Gasteiger partial charge in [-0.2, -0.15) is 0 Å². The lowest BCUT2D eigenvalue weighted by molar-refractivity contribution is -0.384. The SMILES string of the molecule is CNc1ccc(COc2cccc([N+](=O)[O-])c2)cn1. The number of hydrogen-bond acceptors (Lipinski definition) is 5. The van der Waals surface area contributed by atoms with Gasteiger partial charge in [-0.05, 0) is 12.1 Å². The van der Waals surface area contributed by atoms with E-state index in [9.17, 15) is 10.1 Å². The molecule has 0 atom stereocenters. The second kappa shape index (κ2) is 5.81. The van der Waals surface area contributed by atoms with Crippen molar-refractivity contribution in [3.05, 3.63) is 58.3 Å². The van der Waals surface area contributed by atoms with Crippen LogP contribution in [0.5, 0.6) is 5.75 Å². The van der Waals surface area contributed by atoms with Gasteiger partial charge in [0.2, 0.25) is 0 Å². The molecule has 1 N–H and O–H groups in total. The van der Waals surface area contributed by atoms with Crippen LogP contribution in [-0.2, 0) is 6.61 Å². The maximum absolute atomic E-state index is 10.6. The Balaban J connectivity index is 2.01. The molecule has 0 bridgehead atoms. The summed E-state index contributed by atoms with van der Waals surface area (Å²) in [4.78, 5) is 14.3. The van der Waals surface area contributed by atoms with Gasteiger partial charge in [-0.3, -0.25) is 10.1 Å². The smallest absolute Gasteiger partial charge is 0.273 e. The molecular weight excluding hydrogens is 246 g/mol. The molecule has 0 saturated heterocycles. The van der Waals surface area contributed by atoms with Gasteiger partial charge in [-0.15, -0.1) is 0 Å². The highest BCUT2D eigenvalue weighted by molar-refractivity contribution is 5.38. The van der Waals surface area contributed by atoms with E-state index in [1.54, 1.807) is 25.4 Å². The van der Waals surface area contributed by atoms with Crippen molar-refractivity contribution >= 4 is 11.5 Å². The van der Waals surface area contributed by atoms with Crippen LogP contribution >= 0.6 is 0 Å². The van der Waals surface area contributed by atoms with Crippen molar-refractivity contribution < 1.29 is 9.66 Å². The normalized spacial score (nSPS) is 9.95. The lowest BCUT2D eigenvalue weighted by Crippen LogP contribution is -1.98. The van der Waals surface area contributed by atoms with Gasteiger partial charge in [0.15, 0.2) is 0 Å². The number of benzene rings is 1. The highest BCUT2D eigenvalue weighted by Crippen LogP contribution is 2.20. The summed E-state index contributed by atoms with van der Waals surface area (Å²) in [5.41, 5.74) is 0.909. The number of nitro groups is 1. The Morgan fingerprint density at radius 2 is 2.21 bits per heavy atom. The Kier molecular flexibility index (Phi) is 3.92. The summed E-state index contributed by atoms with van der Waals surface area (Å²) in [6.07, 6.45) is 1.70. The predicted molar refractivity (Wildman–Crippen MR) is 71.2 cm³/mol. The Labute approximate surface area is 110 Å². The zero-order chi connectivity index (χ0) is 13.7. The number of pyridine rings is 1. The van der Waals surface area contributed by atoms with E-state index in [1.807, 2.05) is 12.1 Å². The molecule has 2 rings (SSSR count). The molecular formula is C13H13N3O3. The largest absolute Gasteiger partial charge is 0.489 e. The van der Waals surface area contributed by atoms with Crippen molar-refractivity contribution in [2.75, 3.05) is 12.4 Å². The number of anilines is 1. The average Bonchev–Trinajstić information content (AvgIpc) is 2.46. The maximum Gasteiger partial charge on any atom is 0.273 e. The average molecular weight is 259 g/mol. The first kappa shape index (κ1) is 12.8. The van der Waals surface area contributed by atoms with Gasteiger partial charge < -0.3 is 10.1 Å². The van der Waals surface area contributed by atoms with Gasteiger partial charge in [-0.25, -0.2) is 4.98 Å². The molecule has 19 heavy (non-hydrogen) atoms. The Morgan fingerprint density at radius 3 is 2.84 bits per heavy atom. The first-order chi connectivity index (χ1) is 9.19. The van der Waals surface area contributed by atoms with Crippen LogP contribution in [0.3, 0.4) is 0 Å². The van der Waals surface area contributed by atoms with Crippen LogP contribution in [-0.4, -0.2) is 17.0 Å². The standard InChI is InChI=1S/C13H13N3O3/c1-14-13-6-5-10(8-15-13)9-19-12-4-2-3-11(7-12)16(17)18/h2-8H,9H2,1H3,(H,14,15). The number of non-ortho nitro benzene ring substituents is 1. The Morgan fingerprint density at radius 1 is 1.37 bits per heavy atom. The van der Waals surface area contributed by atoms with Gasteiger partial charge in [0.05, 0.1) is 11.0 Å². The quantitative estimate of drug-likeness (QED) is 0.659. The summed E-state index contributed by atoms with van der Waals surface area (Å²) in [6.45, 7) is 0.318. The molecule has 0 aliphatic rings. The molecule has 6 nitrogen and oxygen atoms in total. The summed E-state index contributed by atoms with van der Waals surface area (Å²) < 4.78 is 5.49. The number of nitrogens with one attached hydrogen (secondary N) is 1. The molecule has 0 amide bonds. The van der Waals surface area contributed by atoms with Crippen LogP contribution in [0.15, 0.2) is 42.6 Å². The predicted octanol–water partition coefficient (Wildman–Crippen LogP) is 2.61. The molecule has 0 radical (unpaired) electrons. The first-order valence-electron chi connectivity index (χ1n) is 5.69. The highest BCUT2D eigenvalue weighted by Gasteiger charge is 2.06. The minimum atomic E-state index is -0.448. The fourth-order valence-corrected chi connectivity index (χ4v) is 1.51. The second-order valence-electron chi connectivity index (χ2n) is 3.84. The number of hydrogen-bond donors (Lipinski definition) is 1. The van der Waals surface area contributed by atoms with E-state index in [0.717, 1.165) is 11.4 Å². The highest BCUT2D eigenvalue weighted by atomic mass is 16.6. The summed E-state index contributed by atoms with van der Waals surface area (Å²) in [5, 5.41) is 13.6. The van der Waals surface area contributed by atoms with Crippen molar-refractivity contribution in [3.63, 3.8) is 0 Å². The Hall–Kier alpha value is -2.63. The van der Waals surface area contributed by atoms with E-state index in [2.05, 4.69) is 10.3 Å². The van der Waals surface area contributed by atoms with Gasteiger partial charge in [0.1, 0.15) is 18.2 Å². The van der Waals surface area contributed by atoms with E-state index in [4.69, 9.17) is 4.74 Å². The minimum Gasteiger partial charge on any atom is -0.489 e. The van der Waals surface area contributed by atoms with Crippen LogP contribution in [0.1, 0.15) is 5.56 Å². The zero-order valence-corrected chi connectivity index (χ0v) is 10.4. The summed E-state index contributed by atoms with van der Waals surface area (Å²) >= 11 is 0. The fourth-order valence-electron chi connectivity index (χ4n) is 1.51. The number of nitrogens with zero attached hydrogens (tertiary/aromatic N) is 2. The monoisotopic (exact) mass is 259 g/mol. The van der Waals surface area contributed by atoms with Crippen molar-refractivity contribution in [3.8, 4) is 5.75 Å². The van der Waals surface area contributed by atoms with Crippen molar-refractivity contribution in [1.82, 2.24) is 4.98 Å². The summed E-state index contributed by atoms with van der Waals surface area (Å²) in [7, 11) is 1.79. The number of rotatable bonds is 5. The van der Waals surface area contributed by atoms with Crippen LogP contribution < -0.4 is 10.1 Å². The number of ether oxygens (including phenoxy) is 1.